The molecule has 19 heavy (non-hydrogen) atoms. The van der Waals surface area contributed by atoms with Crippen molar-refractivity contribution in [2.24, 2.45) is 0 Å². The molecule has 1 aliphatic carbocycles. The van der Waals surface area contributed by atoms with Crippen LogP contribution in [0.1, 0.15) is 27.2 Å². The number of fused-ring (bicyclic) bond motifs is 1. The van der Waals surface area contributed by atoms with Gasteiger partial charge in [0.05, 0.1) is 19.3 Å². The third kappa shape index (κ3) is 2.73. The molecule has 1 amide bonds. The first-order chi connectivity index (χ1) is 8.83. The van der Waals surface area contributed by atoms with E-state index in [-0.39, 0.29) is 12.1 Å². The molecule has 6 nitrogen and oxygen atoms in total. The highest BCUT2D eigenvalue weighted by atomic mass is 16.6. The minimum atomic E-state index is -1.03. The lowest BCUT2D eigenvalue weighted by Gasteiger charge is -2.29. The van der Waals surface area contributed by atoms with Crippen molar-refractivity contribution >= 4 is 12.1 Å². The van der Waals surface area contributed by atoms with Gasteiger partial charge in [0.15, 0.2) is 0 Å². The first kappa shape index (κ1) is 13.9. The number of esters is 1. The Bertz CT molecular complexity index is 412. The number of nitrogens with zero attached hydrogens (tertiary/aromatic N) is 1. The maximum absolute atomic E-state index is 12.2. The fourth-order valence-electron chi connectivity index (χ4n) is 2.23. The van der Waals surface area contributed by atoms with Crippen LogP contribution in [-0.2, 0) is 19.0 Å². The van der Waals surface area contributed by atoms with Gasteiger partial charge in [-0.1, -0.05) is 12.2 Å². The van der Waals surface area contributed by atoms with Crippen molar-refractivity contribution in [2.45, 2.75) is 51.2 Å². The molecule has 106 valence electrons. The number of methoxy groups -OCH3 is 1. The van der Waals surface area contributed by atoms with Crippen LogP contribution in [0.5, 0.6) is 0 Å². The predicted molar refractivity (Wildman–Crippen MR) is 66.3 cm³/mol. The van der Waals surface area contributed by atoms with Crippen molar-refractivity contribution in [3.8, 4) is 0 Å². The number of rotatable bonds is 1. The van der Waals surface area contributed by atoms with Crippen molar-refractivity contribution in [1.82, 2.24) is 4.90 Å². The molecule has 2 rings (SSSR count). The van der Waals surface area contributed by atoms with E-state index >= 15 is 0 Å². The number of carbonyl (C=O) groups is 2. The van der Waals surface area contributed by atoms with Crippen LogP contribution in [-0.4, -0.2) is 48.0 Å². The van der Waals surface area contributed by atoms with Crippen molar-refractivity contribution in [3.05, 3.63) is 12.2 Å². The van der Waals surface area contributed by atoms with Gasteiger partial charge < -0.3 is 14.2 Å². The zero-order chi connectivity index (χ0) is 14.2. The zero-order valence-corrected chi connectivity index (χ0v) is 11.6. The molecule has 1 heterocycles. The van der Waals surface area contributed by atoms with Crippen LogP contribution in [0.4, 0.5) is 4.79 Å². The lowest BCUT2D eigenvalue weighted by molar-refractivity contribution is -0.159. The smallest absolute Gasteiger partial charge is 0.413 e. The molecule has 0 bridgehead atoms. The van der Waals surface area contributed by atoms with Gasteiger partial charge >= 0.3 is 12.1 Å². The van der Waals surface area contributed by atoms with Gasteiger partial charge in [0.2, 0.25) is 6.23 Å². The molecule has 2 aliphatic rings. The van der Waals surface area contributed by atoms with E-state index in [4.69, 9.17) is 9.47 Å². The summed E-state index contributed by atoms with van der Waals surface area (Å²) >= 11 is 0. The topological polar surface area (TPSA) is 65.1 Å². The van der Waals surface area contributed by atoms with Crippen LogP contribution < -0.4 is 0 Å². The summed E-state index contributed by atoms with van der Waals surface area (Å²) in [4.78, 5) is 25.3. The largest absolute Gasteiger partial charge is 0.466 e. The summed E-state index contributed by atoms with van der Waals surface area (Å²) in [7, 11) is 1.27. The summed E-state index contributed by atoms with van der Waals surface area (Å²) in [6, 6.07) is -0.195. The second-order valence-corrected chi connectivity index (χ2v) is 5.60. The molecular weight excluding hydrogens is 250 g/mol. The zero-order valence-electron chi connectivity index (χ0n) is 11.6. The van der Waals surface area contributed by atoms with E-state index in [1.165, 1.54) is 12.0 Å². The van der Waals surface area contributed by atoms with Gasteiger partial charge in [0.25, 0.3) is 0 Å². The van der Waals surface area contributed by atoms with Gasteiger partial charge in [-0.15, -0.1) is 0 Å². The van der Waals surface area contributed by atoms with Gasteiger partial charge in [-0.2, -0.15) is 0 Å². The molecule has 0 aromatic carbocycles. The summed E-state index contributed by atoms with van der Waals surface area (Å²) in [5, 5.41) is 0. The van der Waals surface area contributed by atoms with E-state index in [2.05, 4.69) is 4.74 Å². The molecule has 1 fully saturated rings. The van der Waals surface area contributed by atoms with Crippen molar-refractivity contribution in [1.29, 1.82) is 0 Å². The van der Waals surface area contributed by atoms with Gasteiger partial charge in [-0.25, -0.2) is 9.59 Å². The first-order valence-corrected chi connectivity index (χ1v) is 6.25. The van der Waals surface area contributed by atoms with Crippen LogP contribution in [0, 0.1) is 0 Å². The molecular formula is C13H19NO5. The monoisotopic (exact) mass is 269 g/mol. The fraction of sp³-hybridized carbons (Fsp3) is 0.692. The van der Waals surface area contributed by atoms with Crippen molar-refractivity contribution in [2.75, 3.05) is 7.11 Å². The Balaban J connectivity index is 2.18. The average Bonchev–Trinajstić information content (AvgIpc) is 2.84. The molecule has 3 atom stereocenters. The summed E-state index contributed by atoms with van der Waals surface area (Å²) in [5.74, 6) is -0.589. The fourth-order valence-corrected chi connectivity index (χ4v) is 2.23. The summed E-state index contributed by atoms with van der Waals surface area (Å²) in [6.07, 6.45) is 2.58. The summed E-state index contributed by atoms with van der Waals surface area (Å²) in [5.41, 5.74) is -0.623. The SMILES string of the molecule is COC(=O)[C@@H]1O[C@H]2C=CC[C@H]2N1C(=O)OC(C)(C)C. The maximum Gasteiger partial charge on any atom is 0.413 e. The highest BCUT2D eigenvalue weighted by molar-refractivity contribution is 5.81. The second kappa shape index (κ2) is 4.85. The molecule has 0 aromatic heterocycles. The lowest BCUT2D eigenvalue weighted by atomic mass is 10.2. The second-order valence-electron chi connectivity index (χ2n) is 5.60. The van der Waals surface area contributed by atoms with Gasteiger partial charge in [-0.3, -0.25) is 4.90 Å². The Hall–Kier alpha value is -1.56. The number of hydrogen-bond donors (Lipinski definition) is 0. The minimum Gasteiger partial charge on any atom is -0.466 e. The molecule has 6 heteroatoms. The van der Waals surface area contributed by atoms with Crippen molar-refractivity contribution in [3.63, 3.8) is 0 Å². The molecule has 0 N–H and O–H groups in total. The molecule has 0 radical (unpaired) electrons. The maximum atomic E-state index is 12.2. The van der Waals surface area contributed by atoms with Crippen LogP contribution in [0.3, 0.4) is 0 Å². The van der Waals surface area contributed by atoms with Gasteiger partial charge in [0.1, 0.15) is 5.60 Å². The average molecular weight is 269 g/mol. The first-order valence-electron chi connectivity index (χ1n) is 6.25. The third-order valence-corrected chi connectivity index (χ3v) is 2.99. The Morgan fingerprint density at radius 2 is 2.05 bits per heavy atom. The van der Waals surface area contributed by atoms with Crippen LogP contribution in [0.2, 0.25) is 0 Å². The predicted octanol–water partition coefficient (Wildman–Crippen LogP) is 1.45. The summed E-state index contributed by atoms with van der Waals surface area (Å²) < 4.78 is 15.5. The number of amides is 1. The Labute approximate surface area is 112 Å². The molecule has 1 aliphatic heterocycles. The van der Waals surface area contributed by atoms with E-state index < -0.39 is 23.9 Å². The Kier molecular flexibility index (Phi) is 3.54. The molecule has 0 spiro atoms. The summed E-state index contributed by atoms with van der Waals surface area (Å²) in [6.45, 7) is 5.33. The normalized spacial score (nSPS) is 29.3. The minimum absolute atomic E-state index is 0.195. The van der Waals surface area contributed by atoms with Crippen LogP contribution in [0.25, 0.3) is 0 Å². The number of carbonyl (C=O) groups excluding carboxylic acids is 2. The molecule has 1 saturated heterocycles. The third-order valence-electron chi connectivity index (χ3n) is 2.99. The molecule has 0 aromatic rings. The van der Waals surface area contributed by atoms with Crippen LogP contribution in [0.15, 0.2) is 12.2 Å². The van der Waals surface area contributed by atoms with E-state index in [0.29, 0.717) is 6.42 Å². The van der Waals surface area contributed by atoms with Crippen LogP contribution >= 0.6 is 0 Å². The standard InChI is InChI=1S/C13H19NO5/c1-13(2,3)19-12(16)14-8-6-5-7-9(8)18-10(14)11(15)17-4/h5,7-10H,6H2,1-4H3/t8-,9+,10+/m1/s1. The Morgan fingerprint density at radius 1 is 1.37 bits per heavy atom. The van der Waals surface area contributed by atoms with E-state index in [1.807, 2.05) is 12.2 Å². The van der Waals surface area contributed by atoms with Gasteiger partial charge in [0, 0.05) is 0 Å². The molecule has 0 saturated carbocycles. The quantitative estimate of drug-likeness (QED) is 0.532. The Morgan fingerprint density at radius 3 is 2.63 bits per heavy atom. The number of hydrogen-bond acceptors (Lipinski definition) is 5. The van der Waals surface area contributed by atoms with E-state index in [0.717, 1.165) is 0 Å². The van der Waals surface area contributed by atoms with Crippen molar-refractivity contribution < 1.29 is 23.8 Å². The van der Waals surface area contributed by atoms with E-state index in [9.17, 15) is 9.59 Å². The number of ether oxygens (including phenoxy) is 3. The molecule has 0 unspecified atom stereocenters. The highest BCUT2D eigenvalue weighted by Crippen LogP contribution is 2.32. The lowest BCUT2D eigenvalue weighted by Crippen LogP contribution is -2.48. The van der Waals surface area contributed by atoms with E-state index in [1.54, 1.807) is 20.8 Å². The highest BCUT2D eigenvalue weighted by Gasteiger charge is 2.50. The van der Waals surface area contributed by atoms with Gasteiger partial charge in [-0.05, 0) is 27.2 Å².